The lowest BCUT2D eigenvalue weighted by molar-refractivity contribution is -0.903. The van der Waals surface area contributed by atoms with Crippen LogP contribution >= 0.6 is 0 Å². The van der Waals surface area contributed by atoms with Crippen LogP contribution in [0.15, 0.2) is 54.6 Å². The van der Waals surface area contributed by atoms with Crippen LogP contribution in [0, 0.1) is 0 Å². The summed E-state index contributed by atoms with van der Waals surface area (Å²) in [6, 6.07) is 19.1. The normalized spacial score (nSPS) is 12.3. The lowest BCUT2D eigenvalue weighted by atomic mass is 10.0. The van der Waals surface area contributed by atoms with Gasteiger partial charge in [-0.05, 0) is 37.5 Å². The van der Waals surface area contributed by atoms with E-state index in [2.05, 4.69) is 69.6 Å². The maximum absolute atomic E-state index is 12.2. The molecule has 0 heterocycles. The van der Waals surface area contributed by atoms with Crippen molar-refractivity contribution in [1.29, 1.82) is 0 Å². The molecule has 0 spiro atoms. The number of nitrogens with zero attached hydrogens (tertiary/aromatic N) is 1. The van der Waals surface area contributed by atoms with Gasteiger partial charge in [0, 0.05) is 18.4 Å². The minimum Gasteiger partial charge on any atom is -0.491 e. The van der Waals surface area contributed by atoms with Crippen LogP contribution in [0.25, 0.3) is 0 Å². The van der Waals surface area contributed by atoms with Gasteiger partial charge in [-0.2, -0.15) is 0 Å². The van der Waals surface area contributed by atoms with E-state index in [4.69, 9.17) is 9.47 Å². The van der Waals surface area contributed by atoms with Gasteiger partial charge in [-0.25, -0.2) is 0 Å². The van der Waals surface area contributed by atoms with Crippen molar-refractivity contribution in [3.8, 4) is 5.75 Å². The molecule has 0 aliphatic carbocycles. The van der Waals surface area contributed by atoms with Crippen molar-refractivity contribution >= 4 is 5.97 Å². The first-order valence-corrected chi connectivity index (χ1v) is 16.6. The molecular weight excluding hydrogens is 506 g/mol. The van der Waals surface area contributed by atoms with Crippen molar-refractivity contribution in [2.24, 2.45) is 0 Å². The largest absolute Gasteiger partial charge is 0.491 e. The fourth-order valence-electron chi connectivity index (χ4n) is 5.42. The standard InChI is InChI=1S/C37H60NO3/c1-5-6-7-8-9-10-11-12-13-14-15-17-21-34-25-27-36(28-26-34)41-33(2)29-31-40-37(39)24-20-30-38(3,4)32-35-22-18-16-19-23-35/h16,18-19,22-23,25-28,33H,5-15,17,20-21,24,29-32H2,1-4H3/q+1. The van der Waals surface area contributed by atoms with Crippen LogP contribution in [-0.4, -0.2) is 43.8 Å². The van der Waals surface area contributed by atoms with Gasteiger partial charge in [0.05, 0.1) is 39.8 Å². The zero-order valence-electron chi connectivity index (χ0n) is 26.9. The molecule has 230 valence electrons. The van der Waals surface area contributed by atoms with Crippen molar-refractivity contribution in [2.45, 2.75) is 129 Å². The lowest BCUT2D eigenvalue weighted by Gasteiger charge is -2.29. The zero-order valence-corrected chi connectivity index (χ0v) is 26.9. The van der Waals surface area contributed by atoms with Crippen LogP contribution < -0.4 is 4.74 Å². The lowest BCUT2D eigenvalue weighted by Crippen LogP contribution is -2.39. The first-order chi connectivity index (χ1) is 19.9. The van der Waals surface area contributed by atoms with Crippen molar-refractivity contribution in [3.05, 3.63) is 65.7 Å². The molecule has 4 nitrogen and oxygen atoms in total. The number of carbonyl (C=O) groups excluding carboxylic acids is 1. The van der Waals surface area contributed by atoms with E-state index in [1.165, 1.54) is 88.2 Å². The van der Waals surface area contributed by atoms with E-state index in [0.717, 1.165) is 36.2 Å². The molecule has 0 saturated heterocycles. The summed E-state index contributed by atoms with van der Waals surface area (Å²) in [6.07, 6.45) is 19.8. The number of hydrogen-bond donors (Lipinski definition) is 0. The zero-order chi connectivity index (χ0) is 29.6. The summed E-state index contributed by atoms with van der Waals surface area (Å²) in [6.45, 7) is 6.63. The highest BCUT2D eigenvalue weighted by atomic mass is 16.5. The van der Waals surface area contributed by atoms with Gasteiger partial charge in [-0.15, -0.1) is 0 Å². The second-order valence-electron chi connectivity index (χ2n) is 12.6. The Labute approximate surface area is 252 Å². The topological polar surface area (TPSA) is 35.5 Å². The van der Waals surface area contributed by atoms with Gasteiger partial charge < -0.3 is 14.0 Å². The van der Waals surface area contributed by atoms with Crippen molar-refractivity contribution in [1.82, 2.24) is 0 Å². The van der Waals surface area contributed by atoms with Gasteiger partial charge in [0.15, 0.2) is 0 Å². The Balaban J connectivity index is 1.47. The number of quaternary nitrogens is 1. The van der Waals surface area contributed by atoms with E-state index in [1.54, 1.807) is 0 Å². The van der Waals surface area contributed by atoms with Crippen LogP contribution in [0.3, 0.4) is 0 Å². The molecule has 4 heteroatoms. The molecule has 0 bridgehead atoms. The summed E-state index contributed by atoms with van der Waals surface area (Å²) in [5, 5.41) is 0. The first kappa shape index (κ1) is 34.9. The molecular formula is C37H60NO3+. The average molecular weight is 567 g/mol. The summed E-state index contributed by atoms with van der Waals surface area (Å²) < 4.78 is 12.4. The van der Waals surface area contributed by atoms with E-state index >= 15 is 0 Å². The molecule has 0 aromatic heterocycles. The van der Waals surface area contributed by atoms with Gasteiger partial charge in [-0.1, -0.05) is 120 Å². The van der Waals surface area contributed by atoms with Crippen molar-refractivity contribution < 1.29 is 18.8 Å². The van der Waals surface area contributed by atoms with Gasteiger partial charge in [0.25, 0.3) is 0 Å². The van der Waals surface area contributed by atoms with Crippen LogP contribution in [0.4, 0.5) is 0 Å². The Morgan fingerprint density at radius 2 is 1.32 bits per heavy atom. The number of rotatable bonds is 24. The number of benzene rings is 2. The molecule has 0 fully saturated rings. The maximum Gasteiger partial charge on any atom is 0.306 e. The second-order valence-corrected chi connectivity index (χ2v) is 12.6. The van der Waals surface area contributed by atoms with Crippen molar-refractivity contribution in [2.75, 3.05) is 27.2 Å². The summed E-state index contributed by atoms with van der Waals surface area (Å²) >= 11 is 0. The van der Waals surface area contributed by atoms with Crippen LogP contribution in [-0.2, 0) is 22.5 Å². The Kier molecular flexibility index (Phi) is 18.2. The molecule has 0 saturated carbocycles. The quantitative estimate of drug-likeness (QED) is 0.0721. The van der Waals surface area contributed by atoms with E-state index in [0.29, 0.717) is 19.4 Å². The highest BCUT2D eigenvalue weighted by Gasteiger charge is 2.17. The number of hydrogen-bond acceptors (Lipinski definition) is 3. The van der Waals surface area contributed by atoms with Crippen LogP contribution in [0.1, 0.15) is 121 Å². The smallest absolute Gasteiger partial charge is 0.306 e. The SMILES string of the molecule is CCCCCCCCCCCCCCc1ccc(OC(C)CCOC(=O)CCC[N+](C)(C)Cc2ccccc2)cc1. The number of unbranched alkanes of at least 4 members (excludes halogenated alkanes) is 11. The molecule has 0 amide bonds. The fraction of sp³-hybridized carbons (Fsp3) is 0.649. The molecule has 1 unspecified atom stereocenters. The summed E-state index contributed by atoms with van der Waals surface area (Å²) in [5.41, 5.74) is 2.71. The minimum absolute atomic E-state index is 0.00598. The molecule has 1 atom stereocenters. The summed E-state index contributed by atoms with van der Waals surface area (Å²) in [5.74, 6) is 0.778. The third-order valence-electron chi connectivity index (χ3n) is 7.96. The Morgan fingerprint density at radius 3 is 1.93 bits per heavy atom. The minimum atomic E-state index is -0.112. The highest BCUT2D eigenvalue weighted by molar-refractivity contribution is 5.69. The third kappa shape index (κ3) is 18.0. The van der Waals surface area contributed by atoms with Crippen LogP contribution in [0.2, 0.25) is 0 Å². The number of aryl methyl sites for hydroxylation is 1. The number of ether oxygens (including phenoxy) is 2. The molecule has 0 N–H and O–H groups in total. The van der Waals surface area contributed by atoms with E-state index in [9.17, 15) is 4.79 Å². The molecule has 2 rings (SSSR count). The molecule has 0 aliphatic heterocycles. The molecule has 2 aromatic rings. The van der Waals surface area contributed by atoms with Gasteiger partial charge >= 0.3 is 5.97 Å². The highest BCUT2D eigenvalue weighted by Crippen LogP contribution is 2.18. The van der Waals surface area contributed by atoms with E-state index in [-0.39, 0.29) is 12.1 Å². The van der Waals surface area contributed by atoms with E-state index in [1.807, 2.05) is 13.0 Å². The monoisotopic (exact) mass is 566 g/mol. The number of esters is 1. The predicted molar refractivity (Wildman–Crippen MR) is 173 cm³/mol. The fourth-order valence-corrected chi connectivity index (χ4v) is 5.42. The van der Waals surface area contributed by atoms with Crippen molar-refractivity contribution in [3.63, 3.8) is 0 Å². The van der Waals surface area contributed by atoms with Gasteiger partial charge in [-0.3, -0.25) is 4.79 Å². The second kappa shape index (κ2) is 21.4. The summed E-state index contributed by atoms with van der Waals surface area (Å²) in [4.78, 5) is 12.2. The number of carbonyl (C=O) groups is 1. The van der Waals surface area contributed by atoms with E-state index < -0.39 is 0 Å². The molecule has 0 radical (unpaired) electrons. The Hall–Kier alpha value is -2.33. The average Bonchev–Trinajstić information content (AvgIpc) is 2.94. The Morgan fingerprint density at radius 1 is 0.732 bits per heavy atom. The third-order valence-corrected chi connectivity index (χ3v) is 7.96. The molecule has 2 aromatic carbocycles. The first-order valence-electron chi connectivity index (χ1n) is 16.6. The maximum atomic E-state index is 12.2. The predicted octanol–water partition coefficient (Wildman–Crippen LogP) is 9.69. The van der Waals surface area contributed by atoms with Gasteiger partial charge in [0.1, 0.15) is 12.3 Å². The Bertz CT molecular complexity index is 910. The summed E-state index contributed by atoms with van der Waals surface area (Å²) in [7, 11) is 4.42. The molecule has 41 heavy (non-hydrogen) atoms. The molecule has 0 aliphatic rings. The van der Waals surface area contributed by atoms with Gasteiger partial charge in [0.2, 0.25) is 0 Å². The van der Waals surface area contributed by atoms with Crippen LogP contribution in [0.5, 0.6) is 5.75 Å².